The number of nitrogens with zero attached hydrogens (tertiary/aromatic N) is 5. The molecule has 0 aliphatic heterocycles. The van der Waals surface area contributed by atoms with Gasteiger partial charge < -0.3 is 9.88 Å². The van der Waals surface area contributed by atoms with Gasteiger partial charge >= 0.3 is 0 Å². The van der Waals surface area contributed by atoms with Crippen LogP contribution in [0.1, 0.15) is 45.6 Å². The zero-order chi connectivity index (χ0) is 21.8. The number of nitrogens with one attached hydrogen (secondary N) is 1. The van der Waals surface area contributed by atoms with Crippen molar-refractivity contribution in [3.63, 3.8) is 0 Å². The molecule has 164 valence electrons. The molecule has 0 saturated heterocycles. The number of hydrogen-bond acceptors (Lipinski definition) is 5. The highest BCUT2D eigenvalue weighted by atomic mass is 32.2. The quantitative estimate of drug-likeness (QED) is 0.508. The van der Waals surface area contributed by atoms with Gasteiger partial charge in [0.1, 0.15) is 11.6 Å². The molecule has 0 radical (unpaired) electrons. The lowest BCUT2D eigenvalue weighted by atomic mass is 10.2. The van der Waals surface area contributed by atoms with Gasteiger partial charge in [-0.05, 0) is 30.9 Å². The number of carbonyl (C=O) groups excluding carboxylic acids is 1. The smallest absolute Gasteiger partial charge is 0.235 e. The summed E-state index contributed by atoms with van der Waals surface area (Å²) >= 11 is 1.30. The molecule has 2 aromatic heterocycles. The lowest BCUT2D eigenvalue weighted by molar-refractivity contribution is -0.113. The monoisotopic (exact) mass is 442 g/mol. The van der Waals surface area contributed by atoms with E-state index >= 15 is 0 Å². The Labute approximate surface area is 185 Å². The molecule has 9 heteroatoms. The highest BCUT2D eigenvalue weighted by Crippen LogP contribution is 2.31. The maximum Gasteiger partial charge on any atom is 0.235 e. The third-order valence-corrected chi connectivity index (χ3v) is 6.29. The number of thioether (sulfide) groups is 1. The van der Waals surface area contributed by atoms with Gasteiger partial charge in [-0.1, -0.05) is 50.6 Å². The molecule has 3 aromatic rings. The van der Waals surface area contributed by atoms with Crippen molar-refractivity contribution >= 4 is 23.5 Å². The molecule has 1 aliphatic rings. The average Bonchev–Trinajstić information content (AvgIpc) is 3.48. The van der Waals surface area contributed by atoms with Gasteiger partial charge in [0.15, 0.2) is 11.0 Å². The molecule has 1 saturated carbocycles. The maximum atomic E-state index is 14.3. The second kappa shape index (κ2) is 9.64. The van der Waals surface area contributed by atoms with Gasteiger partial charge in [-0.3, -0.25) is 4.79 Å². The molecular formula is C22H27FN6OS. The minimum absolute atomic E-state index is 0.128. The van der Waals surface area contributed by atoms with Crippen molar-refractivity contribution in [3.05, 3.63) is 42.3 Å². The van der Waals surface area contributed by atoms with Crippen LogP contribution in [0.25, 0.3) is 11.4 Å². The first-order valence-corrected chi connectivity index (χ1v) is 11.7. The van der Waals surface area contributed by atoms with Crippen LogP contribution >= 0.6 is 11.8 Å². The van der Waals surface area contributed by atoms with Gasteiger partial charge in [0.2, 0.25) is 5.91 Å². The van der Waals surface area contributed by atoms with Crippen molar-refractivity contribution in [3.8, 4) is 11.4 Å². The summed E-state index contributed by atoms with van der Waals surface area (Å²) in [5.74, 6) is 1.24. The summed E-state index contributed by atoms with van der Waals surface area (Å²) in [6.07, 6.45) is 6.31. The second-order valence-electron chi connectivity index (χ2n) is 8.23. The van der Waals surface area contributed by atoms with E-state index in [1.54, 1.807) is 24.4 Å². The largest absolute Gasteiger partial charge is 0.310 e. The summed E-state index contributed by atoms with van der Waals surface area (Å²) in [6.45, 7) is 4.79. The minimum Gasteiger partial charge on any atom is -0.310 e. The molecule has 4 rings (SSSR count). The SMILES string of the molecule is CC(C)Cn1c(SCC(=O)Nc2ccnn2C2CCCC2)nnc1-c1ccccc1F. The number of anilines is 1. The minimum atomic E-state index is -0.339. The molecule has 0 unspecified atom stereocenters. The lowest BCUT2D eigenvalue weighted by Gasteiger charge is -2.15. The van der Waals surface area contributed by atoms with E-state index < -0.39 is 0 Å². The zero-order valence-corrected chi connectivity index (χ0v) is 18.6. The molecule has 7 nitrogen and oxygen atoms in total. The molecule has 1 aliphatic carbocycles. The Morgan fingerprint density at radius 1 is 1.23 bits per heavy atom. The van der Waals surface area contributed by atoms with Crippen molar-refractivity contribution in [2.75, 3.05) is 11.1 Å². The van der Waals surface area contributed by atoms with Gasteiger partial charge in [-0.2, -0.15) is 5.10 Å². The number of halogens is 1. The van der Waals surface area contributed by atoms with Crippen LogP contribution in [-0.2, 0) is 11.3 Å². The topological polar surface area (TPSA) is 77.6 Å². The Balaban J connectivity index is 1.46. The van der Waals surface area contributed by atoms with Gasteiger partial charge in [-0.15, -0.1) is 10.2 Å². The van der Waals surface area contributed by atoms with Crippen LogP contribution in [0.15, 0.2) is 41.7 Å². The van der Waals surface area contributed by atoms with Crippen molar-refractivity contribution < 1.29 is 9.18 Å². The molecule has 1 N–H and O–H groups in total. The molecule has 0 spiro atoms. The van der Waals surface area contributed by atoms with E-state index in [-0.39, 0.29) is 17.5 Å². The number of rotatable bonds is 8. The predicted molar refractivity (Wildman–Crippen MR) is 119 cm³/mol. The van der Waals surface area contributed by atoms with E-state index in [0.717, 1.165) is 18.7 Å². The first-order valence-electron chi connectivity index (χ1n) is 10.7. The Kier molecular flexibility index (Phi) is 6.70. The van der Waals surface area contributed by atoms with E-state index in [0.29, 0.717) is 35.0 Å². The van der Waals surface area contributed by atoms with E-state index in [1.807, 2.05) is 15.3 Å². The normalized spacial score (nSPS) is 14.5. The third kappa shape index (κ3) is 4.98. The van der Waals surface area contributed by atoms with E-state index in [1.165, 1.54) is 30.7 Å². The Morgan fingerprint density at radius 3 is 2.74 bits per heavy atom. The van der Waals surface area contributed by atoms with Gasteiger partial charge in [0, 0.05) is 12.6 Å². The van der Waals surface area contributed by atoms with E-state index in [9.17, 15) is 9.18 Å². The molecule has 31 heavy (non-hydrogen) atoms. The Bertz CT molecular complexity index is 1040. The summed E-state index contributed by atoms with van der Waals surface area (Å²) in [6, 6.07) is 8.73. The van der Waals surface area contributed by atoms with Crippen molar-refractivity contribution in [1.82, 2.24) is 24.5 Å². The highest BCUT2D eigenvalue weighted by Gasteiger charge is 2.22. The molecule has 1 fully saturated rings. The van der Waals surface area contributed by atoms with Gasteiger partial charge in [-0.25, -0.2) is 9.07 Å². The standard InChI is InChI=1S/C22H27FN6OS/c1-15(2)13-28-21(17-9-5-6-10-18(17)23)26-27-22(28)31-14-20(30)25-19-11-12-24-29(19)16-7-3-4-8-16/h5-6,9-12,15-16H,3-4,7-8,13-14H2,1-2H3,(H,25,30). The van der Waals surface area contributed by atoms with Gasteiger partial charge in [0.05, 0.1) is 23.6 Å². The van der Waals surface area contributed by atoms with Crippen molar-refractivity contribution in [2.24, 2.45) is 5.92 Å². The van der Waals surface area contributed by atoms with Crippen LogP contribution in [-0.4, -0.2) is 36.2 Å². The summed E-state index contributed by atoms with van der Waals surface area (Å²) in [4.78, 5) is 12.6. The van der Waals surface area contributed by atoms with Crippen molar-refractivity contribution in [1.29, 1.82) is 0 Å². The summed E-state index contributed by atoms with van der Waals surface area (Å²) in [5, 5.41) is 16.4. The third-order valence-electron chi connectivity index (χ3n) is 5.32. The van der Waals surface area contributed by atoms with E-state index in [4.69, 9.17) is 0 Å². The maximum absolute atomic E-state index is 14.3. The molecular weight excluding hydrogens is 415 g/mol. The number of hydrogen-bond donors (Lipinski definition) is 1. The second-order valence-corrected chi connectivity index (χ2v) is 9.17. The molecule has 0 bridgehead atoms. The zero-order valence-electron chi connectivity index (χ0n) is 17.8. The molecule has 1 aromatic carbocycles. The number of amides is 1. The molecule has 1 amide bonds. The summed E-state index contributed by atoms with van der Waals surface area (Å²) in [7, 11) is 0. The Morgan fingerprint density at radius 2 is 2.00 bits per heavy atom. The van der Waals surface area contributed by atoms with Crippen LogP contribution in [0.5, 0.6) is 0 Å². The molecule has 0 atom stereocenters. The van der Waals surface area contributed by atoms with Crippen LogP contribution in [0.3, 0.4) is 0 Å². The summed E-state index contributed by atoms with van der Waals surface area (Å²) in [5.41, 5.74) is 0.410. The molecule has 2 heterocycles. The fourth-order valence-electron chi connectivity index (χ4n) is 3.93. The first kappa shape index (κ1) is 21.5. The number of benzene rings is 1. The highest BCUT2D eigenvalue weighted by molar-refractivity contribution is 7.99. The van der Waals surface area contributed by atoms with Crippen LogP contribution in [0.4, 0.5) is 10.2 Å². The van der Waals surface area contributed by atoms with Crippen LogP contribution in [0.2, 0.25) is 0 Å². The van der Waals surface area contributed by atoms with Crippen LogP contribution in [0, 0.1) is 11.7 Å². The Hall–Kier alpha value is -2.68. The van der Waals surface area contributed by atoms with E-state index in [2.05, 4.69) is 34.5 Å². The van der Waals surface area contributed by atoms with Gasteiger partial charge in [0.25, 0.3) is 0 Å². The number of aromatic nitrogens is 5. The lowest BCUT2D eigenvalue weighted by Crippen LogP contribution is -2.19. The fraction of sp³-hybridized carbons (Fsp3) is 0.455. The number of carbonyl (C=O) groups is 1. The summed E-state index contributed by atoms with van der Waals surface area (Å²) < 4.78 is 18.1. The average molecular weight is 443 g/mol. The first-order chi connectivity index (χ1) is 15.0. The predicted octanol–water partition coefficient (Wildman–Crippen LogP) is 4.78. The van der Waals surface area contributed by atoms with Crippen molar-refractivity contribution in [2.45, 2.75) is 57.3 Å². The van der Waals surface area contributed by atoms with Crippen LogP contribution < -0.4 is 5.32 Å². The fourth-order valence-corrected chi connectivity index (χ4v) is 4.68.